The second-order valence-corrected chi connectivity index (χ2v) is 13.0. The van der Waals surface area contributed by atoms with Crippen molar-refractivity contribution in [1.29, 1.82) is 5.41 Å². The number of carbonyl (C=O) groups excluding carboxylic acids is 3. The minimum atomic E-state index is -3.67. The summed E-state index contributed by atoms with van der Waals surface area (Å²) in [6, 6.07) is 11.8. The monoisotopic (exact) mass is 646 g/mol. The fourth-order valence-electron chi connectivity index (χ4n) is 3.67. The summed E-state index contributed by atoms with van der Waals surface area (Å²) < 4.78 is 31.0. The van der Waals surface area contributed by atoms with Gasteiger partial charge in [-0.3, -0.25) is 24.3 Å². The van der Waals surface area contributed by atoms with Gasteiger partial charge in [-0.05, 0) is 58.8 Å². The number of nitrogens with one attached hydrogen (secondary N) is 3. The molecule has 13 nitrogen and oxygen atoms in total. The van der Waals surface area contributed by atoms with Crippen LogP contribution in [0.1, 0.15) is 63.6 Å². The molecule has 2 amide bonds. The Bertz CT molecular complexity index is 1650. The van der Waals surface area contributed by atoms with Crippen LogP contribution in [0.3, 0.4) is 0 Å². The number of rotatable bonds is 9. The number of hydrogen-bond donors (Lipinski definition) is 6. The highest BCUT2D eigenvalue weighted by atomic mass is 32.2. The van der Waals surface area contributed by atoms with Gasteiger partial charge in [-0.15, -0.1) is 11.3 Å². The van der Waals surface area contributed by atoms with E-state index >= 15 is 0 Å². The maximum Gasteiger partial charge on any atom is 0.336 e. The Balaban J connectivity index is 0.00000125. The van der Waals surface area contributed by atoms with Crippen LogP contribution in [-0.2, 0) is 19.6 Å². The number of nitrogen functional groups attached to an aromatic ring is 1. The smallest absolute Gasteiger partial charge is 0.336 e. The molecule has 2 aromatic carbocycles. The maximum absolute atomic E-state index is 13.1. The molecule has 0 fully saturated rings. The van der Waals surface area contributed by atoms with Crippen molar-refractivity contribution in [3.8, 4) is 11.1 Å². The highest BCUT2D eigenvalue weighted by Crippen LogP contribution is 2.33. The van der Waals surface area contributed by atoms with Gasteiger partial charge in [-0.2, -0.15) is 8.42 Å². The van der Waals surface area contributed by atoms with E-state index in [0.29, 0.717) is 27.9 Å². The largest absolute Gasteiger partial charge is 0.478 e. The molecule has 0 aliphatic rings. The average molecular weight is 647 g/mol. The van der Waals surface area contributed by atoms with Gasteiger partial charge >= 0.3 is 11.9 Å². The normalized spacial score (nSPS) is 11.8. The van der Waals surface area contributed by atoms with Crippen molar-refractivity contribution in [2.24, 2.45) is 11.1 Å². The number of benzene rings is 2. The van der Waals surface area contributed by atoms with E-state index in [1.54, 1.807) is 35.7 Å². The van der Waals surface area contributed by atoms with Gasteiger partial charge < -0.3 is 26.2 Å². The summed E-state index contributed by atoms with van der Waals surface area (Å²) in [7, 11) is -3.67. The minimum Gasteiger partial charge on any atom is -0.478 e. The molecular formula is C29H34N4O9S2. The summed E-state index contributed by atoms with van der Waals surface area (Å²) >= 11 is 1.15. The molecule has 1 atom stereocenters. The van der Waals surface area contributed by atoms with Crippen molar-refractivity contribution in [2.75, 3.05) is 18.2 Å². The summed E-state index contributed by atoms with van der Waals surface area (Å²) in [5, 5.41) is 24.7. The van der Waals surface area contributed by atoms with Crippen LogP contribution < -0.4 is 16.4 Å². The second-order valence-electron chi connectivity index (χ2n) is 10.6. The van der Waals surface area contributed by atoms with E-state index in [4.69, 9.17) is 20.4 Å². The number of amidine groups is 1. The van der Waals surface area contributed by atoms with Gasteiger partial charge in [0.05, 0.1) is 17.9 Å². The van der Waals surface area contributed by atoms with Gasteiger partial charge in [0.1, 0.15) is 17.3 Å². The van der Waals surface area contributed by atoms with Crippen molar-refractivity contribution in [3.63, 3.8) is 0 Å². The Hall–Kier alpha value is -4.60. The van der Waals surface area contributed by atoms with Gasteiger partial charge in [0, 0.05) is 29.3 Å². The molecule has 236 valence electrons. The topological polar surface area (TPSA) is 226 Å². The van der Waals surface area contributed by atoms with E-state index in [2.05, 4.69) is 10.6 Å². The Morgan fingerprint density at radius 1 is 1.00 bits per heavy atom. The third kappa shape index (κ3) is 10.9. The summed E-state index contributed by atoms with van der Waals surface area (Å²) in [5.74, 6) is -2.78. The van der Waals surface area contributed by atoms with Crippen LogP contribution in [0.4, 0.5) is 5.69 Å². The van der Waals surface area contributed by atoms with Crippen LogP contribution in [0, 0.1) is 10.8 Å². The van der Waals surface area contributed by atoms with E-state index in [1.807, 2.05) is 20.8 Å². The predicted octanol–water partition coefficient (Wildman–Crippen LogP) is 3.86. The number of esters is 1. The first kappa shape index (κ1) is 35.6. The zero-order chi connectivity index (χ0) is 33.4. The van der Waals surface area contributed by atoms with Gasteiger partial charge in [0.25, 0.3) is 21.9 Å². The molecule has 1 aromatic heterocycles. The Kier molecular flexibility index (Phi) is 11.9. The number of ether oxygens (including phenoxy) is 1. The third-order valence-electron chi connectivity index (χ3n) is 5.93. The minimum absolute atomic E-state index is 0.0285. The second kappa shape index (κ2) is 14.7. The zero-order valence-corrected chi connectivity index (χ0v) is 26.3. The number of carboxylic acids is 1. The first-order chi connectivity index (χ1) is 20.3. The van der Waals surface area contributed by atoms with Crippen molar-refractivity contribution in [3.05, 3.63) is 75.5 Å². The van der Waals surface area contributed by atoms with Gasteiger partial charge in [0.2, 0.25) is 0 Å². The van der Waals surface area contributed by atoms with E-state index in [1.165, 1.54) is 25.1 Å². The van der Waals surface area contributed by atoms with Crippen LogP contribution in [0.15, 0.2) is 53.9 Å². The number of carboxylic acid groups (broad SMARTS) is 1. The van der Waals surface area contributed by atoms with E-state index in [9.17, 15) is 32.7 Å². The van der Waals surface area contributed by atoms with Crippen LogP contribution in [-0.4, -0.2) is 66.6 Å². The zero-order valence-electron chi connectivity index (χ0n) is 24.6. The Labute approximate surface area is 258 Å². The number of thiophene rings is 1. The average Bonchev–Trinajstić information content (AvgIpc) is 3.39. The summed E-state index contributed by atoms with van der Waals surface area (Å²) in [5.41, 5.74) is 6.68. The lowest BCUT2D eigenvalue weighted by molar-refractivity contribution is -0.142. The van der Waals surface area contributed by atoms with E-state index in [-0.39, 0.29) is 29.1 Å². The predicted molar refractivity (Wildman–Crippen MR) is 167 cm³/mol. The first-order valence-corrected chi connectivity index (χ1v) is 15.6. The molecule has 0 aliphatic carbocycles. The van der Waals surface area contributed by atoms with Gasteiger partial charge in [-0.25, -0.2) is 4.79 Å². The van der Waals surface area contributed by atoms with E-state index in [0.717, 1.165) is 11.3 Å². The highest BCUT2D eigenvalue weighted by Gasteiger charge is 2.28. The SMILES string of the molecule is CC(=O)OC[C@@H](NC(=O)c1ccc(-c2ccsc2C(=O)Nc2ccc(C(=N)N)cc2)c(C(=O)O)c1)C(C)(C)C.CS(=O)(=O)O. The van der Waals surface area contributed by atoms with E-state index < -0.39 is 45.3 Å². The highest BCUT2D eigenvalue weighted by molar-refractivity contribution is 7.85. The van der Waals surface area contributed by atoms with Crippen LogP contribution in [0.2, 0.25) is 0 Å². The van der Waals surface area contributed by atoms with Gasteiger partial charge in [-0.1, -0.05) is 26.8 Å². The van der Waals surface area contributed by atoms with Crippen LogP contribution in [0.25, 0.3) is 11.1 Å². The fourth-order valence-corrected chi connectivity index (χ4v) is 4.47. The standard InChI is InChI=1S/C28H30N4O6S.CH4O3S/c1-15(33)38-14-22(28(2,3)4)32-25(34)17-7-10-19(21(13-17)27(36)37)20-11-12-39-23(20)26(35)31-18-8-5-16(6-9-18)24(29)30;1-5(2,3)4/h5-13,22H,14H2,1-4H3,(H3,29,30)(H,31,35)(H,32,34)(H,36,37);1H3,(H,2,3,4)/t22-;/m1./s1. The van der Waals surface area contributed by atoms with Crippen molar-refractivity contribution in [1.82, 2.24) is 5.32 Å². The molecule has 0 saturated carbocycles. The molecule has 3 aromatic rings. The van der Waals surface area contributed by atoms with Gasteiger partial charge in [0.15, 0.2) is 0 Å². The van der Waals surface area contributed by atoms with Crippen molar-refractivity contribution >= 4 is 56.7 Å². The summed E-state index contributed by atoms with van der Waals surface area (Å²) in [6.45, 7) is 6.90. The summed E-state index contributed by atoms with van der Waals surface area (Å²) in [6.07, 6.45) is 0.715. The molecule has 0 radical (unpaired) electrons. The molecule has 3 rings (SSSR count). The van der Waals surface area contributed by atoms with Crippen LogP contribution in [0.5, 0.6) is 0 Å². The van der Waals surface area contributed by atoms with Crippen molar-refractivity contribution in [2.45, 2.75) is 33.7 Å². The molecule has 0 aliphatic heterocycles. The molecule has 15 heteroatoms. The lowest BCUT2D eigenvalue weighted by atomic mass is 9.87. The Morgan fingerprint density at radius 3 is 2.07 bits per heavy atom. The molecule has 0 bridgehead atoms. The molecule has 0 saturated heterocycles. The molecule has 0 spiro atoms. The molecular weight excluding hydrogens is 612 g/mol. The Morgan fingerprint density at radius 2 is 1.57 bits per heavy atom. The number of carbonyl (C=O) groups is 4. The number of nitrogens with two attached hydrogens (primary N) is 1. The maximum atomic E-state index is 13.1. The molecule has 44 heavy (non-hydrogen) atoms. The third-order valence-corrected chi connectivity index (χ3v) is 6.84. The van der Waals surface area contributed by atoms with Crippen LogP contribution >= 0.6 is 11.3 Å². The first-order valence-electron chi connectivity index (χ1n) is 12.9. The number of hydrogen-bond acceptors (Lipinski definition) is 9. The number of anilines is 1. The lowest BCUT2D eigenvalue weighted by Gasteiger charge is -2.31. The molecule has 7 N–H and O–H groups in total. The fraction of sp³-hybridized carbons (Fsp3) is 0.276. The molecule has 0 unspecified atom stereocenters. The lowest BCUT2D eigenvalue weighted by Crippen LogP contribution is -2.47. The summed E-state index contributed by atoms with van der Waals surface area (Å²) in [4.78, 5) is 49.9. The quantitative estimate of drug-likeness (QED) is 0.0851. The number of aromatic carboxylic acids is 1. The van der Waals surface area contributed by atoms with Crippen molar-refractivity contribution < 1.29 is 42.0 Å². The number of amides is 2. The molecule has 1 heterocycles.